The van der Waals surface area contributed by atoms with Gasteiger partial charge in [0.25, 0.3) is 0 Å². The van der Waals surface area contributed by atoms with Crippen molar-refractivity contribution in [2.24, 2.45) is 0 Å². The van der Waals surface area contributed by atoms with Gasteiger partial charge in [-0.1, -0.05) is 0 Å². The molecule has 68 valence electrons. The van der Waals surface area contributed by atoms with E-state index in [9.17, 15) is 0 Å². The third-order valence-corrected chi connectivity index (χ3v) is 4.02. The van der Waals surface area contributed by atoms with Crippen molar-refractivity contribution >= 4 is 0 Å². The van der Waals surface area contributed by atoms with E-state index in [1.54, 1.807) is 7.76 Å². The molecule has 0 atom stereocenters. The van der Waals surface area contributed by atoms with Crippen molar-refractivity contribution in [1.29, 1.82) is 0 Å². The van der Waals surface area contributed by atoms with Gasteiger partial charge in [-0.05, 0) is 0 Å². The monoisotopic (exact) mass is 216 g/mol. The molecule has 3 heteroatoms. The summed E-state index contributed by atoms with van der Waals surface area (Å²) in [7, 11) is 0. The molecule has 0 N–H and O–H groups in total. The fourth-order valence-corrected chi connectivity index (χ4v) is 3.18. The summed E-state index contributed by atoms with van der Waals surface area (Å²) in [5.41, 5.74) is 0. The Morgan fingerprint density at radius 1 is 0.846 bits per heavy atom. The first-order valence-electron chi connectivity index (χ1n) is 3.93. The van der Waals surface area contributed by atoms with E-state index >= 15 is 0 Å². The van der Waals surface area contributed by atoms with Crippen molar-refractivity contribution < 1.29 is 28.6 Å². The van der Waals surface area contributed by atoms with Crippen LogP contribution in [-0.4, -0.2) is 0 Å². The molecule has 0 fully saturated rings. The van der Waals surface area contributed by atoms with Crippen LogP contribution in [0.5, 0.6) is 0 Å². The summed E-state index contributed by atoms with van der Waals surface area (Å²) < 4.78 is 3.36. The van der Waals surface area contributed by atoms with Gasteiger partial charge < -0.3 is 9.41 Å². The number of halogens is 2. The minimum Gasteiger partial charge on any atom is -1.00 e. The number of allylic oxidation sites excluding steroid dienone is 8. The molecule has 0 unspecified atom stereocenters. The molecule has 0 radical (unpaired) electrons. The zero-order valence-corrected chi connectivity index (χ0v) is 8.70. The Hall–Kier alpha value is -0.466. The van der Waals surface area contributed by atoms with Gasteiger partial charge in [0, 0.05) is 0 Å². The molecule has 2 rings (SSSR count). The maximum Gasteiger partial charge on any atom is -1.00 e. The molecule has 0 saturated carbocycles. The Kier molecular flexibility index (Phi) is 5.84. The summed E-state index contributed by atoms with van der Waals surface area (Å²) in [6.07, 6.45) is 15.9. The first kappa shape index (κ1) is 12.5. The predicted octanol–water partition coefficient (Wildman–Crippen LogP) is -3.24. The zero-order chi connectivity index (χ0) is 7.52. The third-order valence-electron chi connectivity index (χ3n) is 1.86. The summed E-state index contributed by atoms with van der Waals surface area (Å²) in [5.74, 6) is 0. The van der Waals surface area contributed by atoms with E-state index in [2.05, 4.69) is 36.5 Å². The normalized spacial score (nSPS) is 16.9. The van der Waals surface area contributed by atoms with E-state index in [1.807, 2.05) is 0 Å². The van der Waals surface area contributed by atoms with Crippen LogP contribution in [0, 0.1) is 0 Å². The molecule has 13 heavy (non-hydrogen) atoms. The van der Waals surface area contributed by atoms with Crippen LogP contribution in [0.2, 0.25) is 0 Å². The van der Waals surface area contributed by atoms with Gasteiger partial charge >= 0.3 is 76.2 Å². The fourth-order valence-electron chi connectivity index (χ4n) is 1.29. The largest absolute Gasteiger partial charge is 1.00 e. The minimum atomic E-state index is 0. The van der Waals surface area contributed by atoms with Crippen LogP contribution in [0.1, 0.15) is 12.8 Å². The molecule has 0 heterocycles. The van der Waals surface area contributed by atoms with E-state index in [1.165, 1.54) is 12.8 Å². The van der Waals surface area contributed by atoms with E-state index in [0.717, 1.165) is 0 Å². The molecule has 2 aliphatic carbocycles. The van der Waals surface area contributed by atoms with Gasteiger partial charge in [0.15, 0.2) is 0 Å². The van der Waals surface area contributed by atoms with Crippen molar-refractivity contribution in [3.8, 4) is 0 Å². The zero-order valence-electron chi connectivity index (χ0n) is 7.13. The summed E-state index contributed by atoms with van der Waals surface area (Å²) in [6.45, 7) is 0. The number of hydrogen-bond donors (Lipinski definition) is 0. The standard InChI is InChI=1S/2C5H5.2FH.Ti/c2*1-2-4-5-3-1;;;/h2*1-3H,4H2;2*1H;/q;;;;+2/p-2. The van der Waals surface area contributed by atoms with Crippen LogP contribution in [-0.2, 0) is 19.2 Å². The second kappa shape index (κ2) is 6.06. The van der Waals surface area contributed by atoms with Crippen molar-refractivity contribution in [2.75, 3.05) is 0 Å². The van der Waals surface area contributed by atoms with E-state index in [-0.39, 0.29) is 28.6 Å². The molecule has 0 bridgehead atoms. The minimum absolute atomic E-state index is 0. The molecule has 0 aromatic carbocycles. The fraction of sp³-hybridized carbons (Fsp3) is 0.200. The van der Waals surface area contributed by atoms with Crippen molar-refractivity contribution in [2.45, 2.75) is 12.8 Å². The average molecular weight is 216 g/mol. The van der Waals surface area contributed by atoms with Gasteiger partial charge in [-0.2, -0.15) is 0 Å². The SMILES string of the molecule is C1=CC[C]([Ti+2][C]2=CC=CC2)=C1.[F-].[F-]. The van der Waals surface area contributed by atoms with Crippen molar-refractivity contribution in [1.82, 2.24) is 0 Å². The van der Waals surface area contributed by atoms with E-state index in [4.69, 9.17) is 0 Å². The van der Waals surface area contributed by atoms with Crippen LogP contribution in [0.4, 0.5) is 0 Å². The number of hydrogen-bond acceptors (Lipinski definition) is 0. The van der Waals surface area contributed by atoms with Crippen molar-refractivity contribution in [3.63, 3.8) is 0 Å². The molecule has 0 saturated heterocycles. The van der Waals surface area contributed by atoms with Gasteiger partial charge in [-0.25, -0.2) is 0 Å². The van der Waals surface area contributed by atoms with Crippen LogP contribution < -0.4 is 9.41 Å². The first-order chi connectivity index (χ1) is 5.45. The third kappa shape index (κ3) is 3.41. The maximum absolute atomic E-state index is 2.29. The van der Waals surface area contributed by atoms with Crippen LogP contribution in [0.25, 0.3) is 0 Å². The van der Waals surface area contributed by atoms with Gasteiger partial charge in [0.1, 0.15) is 0 Å². The molecule has 0 amide bonds. The predicted molar refractivity (Wildman–Crippen MR) is 43.7 cm³/mol. The summed E-state index contributed by atoms with van der Waals surface area (Å²) in [6, 6.07) is 0. The van der Waals surface area contributed by atoms with Crippen LogP contribution in [0.15, 0.2) is 44.2 Å². The summed E-state index contributed by atoms with van der Waals surface area (Å²) in [5, 5.41) is 0. The maximum atomic E-state index is 2.29. The van der Waals surface area contributed by atoms with Gasteiger partial charge in [-0.15, -0.1) is 0 Å². The van der Waals surface area contributed by atoms with Gasteiger partial charge in [-0.3, -0.25) is 0 Å². The summed E-state index contributed by atoms with van der Waals surface area (Å²) in [4.78, 5) is 0. The first-order valence-corrected chi connectivity index (χ1v) is 5.50. The van der Waals surface area contributed by atoms with Gasteiger partial charge in [0.05, 0.1) is 0 Å². The Morgan fingerprint density at radius 3 is 1.62 bits per heavy atom. The second-order valence-electron chi connectivity index (χ2n) is 2.77. The quantitative estimate of drug-likeness (QED) is 0.426. The second-order valence-corrected chi connectivity index (χ2v) is 5.17. The van der Waals surface area contributed by atoms with Crippen molar-refractivity contribution in [3.05, 3.63) is 44.2 Å². The van der Waals surface area contributed by atoms with Gasteiger partial charge in [0.2, 0.25) is 0 Å². The van der Waals surface area contributed by atoms with Crippen LogP contribution >= 0.6 is 0 Å². The van der Waals surface area contributed by atoms with Crippen LogP contribution in [0.3, 0.4) is 0 Å². The number of rotatable bonds is 2. The Morgan fingerprint density at radius 2 is 1.31 bits per heavy atom. The molecular formula is C10H10F2Ti. The Labute approximate surface area is 85.8 Å². The molecule has 0 aliphatic heterocycles. The Bertz CT molecular complexity index is 247. The molecular weight excluding hydrogens is 206 g/mol. The molecule has 0 aromatic rings. The van der Waals surface area contributed by atoms with E-state index in [0.29, 0.717) is 0 Å². The molecule has 2 aliphatic rings. The topological polar surface area (TPSA) is 0 Å². The summed E-state index contributed by atoms with van der Waals surface area (Å²) >= 11 is 0.0833. The average Bonchev–Trinajstić information content (AvgIpc) is 2.60. The molecule has 0 aromatic heterocycles. The molecule has 0 spiro atoms. The Balaban J connectivity index is 0.000000720. The van der Waals surface area contributed by atoms with E-state index < -0.39 is 0 Å². The smallest absolute Gasteiger partial charge is 1.00 e. The molecule has 0 nitrogen and oxygen atoms in total.